The average molecular weight is 428 g/mol. The van der Waals surface area contributed by atoms with Gasteiger partial charge in [0.05, 0.1) is 6.10 Å². The number of benzene rings is 1. The van der Waals surface area contributed by atoms with Gasteiger partial charge in [0, 0.05) is 49.5 Å². The number of carbonyl (C=O) groups is 2. The molecule has 0 aromatic heterocycles. The van der Waals surface area contributed by atoms with Crippen molar-refractivity contribution in [3.05, 3.63) is 29.8 Å². The van der Waals surface area contributed by atoms with Crippen LogP contribution in [0.3, 0.4) is 0 Å². The van der Waals surface area contributed by atoms with E-state index in [1.54, 1.807) is 24.3 Å². The average Bonchev–Trinajstić information content (AvgIpc) is 2.67. The zero-order valence-corrected chi connectivity index (χ0v) is 18.6. The van der Waals surface area contributed by atoms with E-state index in [0.29, 0.717) is 44.0 Å². The molecule has 2 atom stereocenters. The van der Waals surface area contributed by atoms with Gasteiger partial charge in [-0.1, -0.05) is 19.9 Å². The van der Waals surface area contributed by atoms with Gasteiger partial charge in [-0.15, -0.1) is 12.4 Å². The molecule has 1 aromatic rings. The minimum absolute atomic E-state index is 0. The van der Waals surface area contributed by atoms with E-state index >= 15 is 0 Å². The van der Waals surface area contributed by atoms with E-state index in [0.717, 1.165) is 6.42 Å². The molecule has 2 rings (SSSR count). The molecule has 2 unspecified atom stereocenters. The molecule has 164 valence electrons. The summed E-state index contributed by atoms with van der Waals surface area (Å²) in [6, 6.07) is 6.86. The van der Waals surface area contributed by atoms with Crippen molar-refractivity contribution in [1.29, 1.82) is 0 Å². The van der Waals surface area contributed by atoms with Crippen LogP contribution in [0.15, 0.2) is 24.3 Å². The minimum atomic E-state index is -1.01. The van der Waals surface area contributed by atoms with E-state index in [1.807, 2.05) is 27.7 Å². The monoisotopic (exact) mass is 427 g/mol. The lowest BCUT2D eigenvalue weighted by Gasteiger charge is -2.57. The van der Waals surface area contributed by atoms with Gasteiger partial charge in [0.2, 0.25) is 5.91 Å². The van der Waals surface area contributed by atoms with Crippen LogP contribution in [0, 0.1) is 5.41 Å². The zero-order chi connectivity index (χ0) is 20.8. The third-order valence-corrected chi connectivity index (χ3v) is 5.57. The quantitative estimate of drug-likeness (QED) is 0.498. The van der Waals surface area contributed by atoms with Gasteiger partial charge in [-0.25, -0.2) is 0 Å². The molecule has 1 saturated carbocycles. The van der Waals surface area contributed by atoms with Gasteiger partial charge in [-0.05, 0) is 38.5 Å². The lowest BCUT2D eigenvalue weighted by atomic mass is 9.54. The fourth-order valence-electron chi connectivity index (χ4n) is 3.42. The van der Waals surface area contributed by atoms with Gasteiger partial charge in [0.15, 0.2) is 0 Å². The summed E-state index contributed by atoms with van der Waals surface area (Å²) in [6.07, 6.45) is 1.18. The van der Waals surface area contributed by atoms with Gasteiger partial charge >= 0.3 is 0 Å². The van der Waals surface area contributed by atoms with Crippen LogP contribution in [0.5, 0.6) is 0 Å². The second-order valence-electron chi connectivity index (χ2n) is 7.68. The first-order valence-electron chi connectivity index (χ1n) is 9.94. The molecule has 7 nitrogen and oxygen atoms in total. The minimum Gasteiger partial charge on any atom is -0.382 e. The zero-order valence-electron chi connectivity index (χ0n) is 17.7. The molecule has 0 radical (unpaired) electrons. The molecule has 0 aliphatic heterocycles. The molecular weight excluding hydrogens is 394 g/mol. The summed E-state index contributed by atoms with van der Waals surface area (Å²) < 4.78 is 10.9. The summed E-state index contributed by atoms with van der Waals surface area (Å²) in [7, 11) is 0. The van der Waals surface area contributed by atoms with Crippen LogP contribution >= 0.6 is 12.4 Å². The highest BCUT2D eigenvalue weighted by atomic mass is 35.5. The maximum Gasteiger partial charge on any atom is 0.251 e. The molecule has 0 saturated heterocycles. The fourth-order valence-corrected chi connectivity index (χ4v) is 3.42. The standard InChI is InChI=1S/C21H33N3O4.ClH/c1-5-27-12-8-11-23-18(25)15-9-7-10-16(13-15)24-19(26)21(22)14-17(28-6-2)20(21,3)4;/h7,9-10,13,17H,5-6,8,11-12,14,22H2,1-4H3,(H,23,25)(H,24,26);1H. The Morgan fingerprint density at radius 3 is 2.59 bits per heavy atom. The van der Waals surface area contributed by atoms with Crippen molar-refractivity contribution in [2.24, 2.45) is 11.1 Å². The van der Waals surface area contributed by atoms with Gasteiger partial charge in [-0.3, -0.25) is 9.59 Å². The molecular formula is C21H34ClN3O4. The molecule has 1 aliphatic carbocycles. The number of hydrogen-bond donors (Lipinski definition) is 3. The Bertz CT molecular complexity index is 698. The fraction of sp³-hybridized carbons (Fsp3) is 0.619. The van der Waals surface area contributed by atoms with Crippen LogP contribution in [-0.2, 0) is 14.3 Å². The van der Waals surface area contributed by atoms with Crippen LogP contribution in [0.4, 0.5) is 5.69 Å². The summed E-state index contributed by atoms with van der Waals surface area (Å²) in [5.41, 5.74) is 5.97. The van der Waals surface area contributed by atoms with E-state index in [9.17, 15) is 9.59 Å². The van der Waals surface area contributed by atoms with Crippen LogP contribution in [0.2, 0.25) is 0 Å². The van der Waals surface area contributed by atoms with Crippen molar-refractivity contribution < 1.29 is 19.1 Å². The molecule has 0 spiro atoms. The van der Waals surface area contributed by atoms with Crippen LogP contribution in [-0.4, -0.2) is 49.8 Å². The Kier molecular flexibility index (Phi) is 9.55. The summed E-state index contributed by atoms with van der Waals surface area (Å²) in [5, 5.41) is 5.71. The van der Waals surface area contributed by atoms with Crippen molar-refractivity contribution >= 4 is 29.9 Å². The van der Waals surface area contributed by atoms with Crippen molar-refractivity contribution in [1.82, 2.24) is 5.32 Å². The number of carbonyl (C=O) groups excluding carboxylic acids is 2. The molecule has 0 bridgehead atoms. The van der Waals surface area contributed by atoms with Crippen LogP contribution in [0.1, 0.15) is 50.9 Å². The van der Waals surface area contributed by atoms with Crippen molar-refractivity contribution in [3.63, 3.8) is 0 Å². The van der Waals surface area contributed by atoms with E-state index < -0.39 is 11.0 Å². The van der Waals surface area contributed by atoms with E-state index in [2.05, 4.69) is 10.6 Å². The lowest BCUT2D eigenvalue weighted by molar-refractivity contribution is -0.166. The van der Waals surface area contributed by atoms with Crippen molar-refractivity contribution in [2.45, 2.75) is 52.2 Å². The van der Waals surface area contributed by atoms with E-state index in [1.165, 1.54) is 0 Å². The third-order valence-electron chi connectivity index (χ3n) is 5.57. The number of nitrogens with two attached hydrogens (primary N) is 1. The maximum absolute atomic E-state index is 12.8. The van der Waals surface area contributed by atoms with Gasteiger partial charge < -0.3 is 25.8 Å². The molecule has 4 N–H and O–H groups in total. The Morgan fingerprint density at radius 1 is 1.24 bits per heavy atom. The summed E-state index contributed by atoms with van der Waals surface area (Å²) >= 11 is 0. The number of ether oxygens (including phenoxy) is 2. The first kappa shape index (κ1) is 25.4. The maximum atomic E-state index is 12.8. The smallest absolute Gasteiger partial charge is 0.251 e. The van der Waals surface area contributed by atoms with Gasteiger partial charge in [-0.2, -0.15) is 0 Å². The number of halogens is 1. The summed E-state index contributed by atoms with van der Waals surface area (Å²) in [6.45, 7) is 10.2. The predicted molar refractivity (Wildman–Crippen MR) is 116 cm³/mol. The Hall–Kier alpha value is -1.67. The second kappa shape index (κ2) is 10.9. The third kappa shape index (κ3) is 5.69. The Labute approximate surface area is 179 Å². The molecule has 1 aliphatic rings. The van der Waals surface area contributed by atoms with Crippen molar-refractivity contribution in [2.75, 3.05) is 31.7 Å². The molecule has 1 fully saturated rings. The number of hydrogen-bond acceptors (Lipinski definition) is 5. The SMILES string of the molecule is CCOCCCNC(=O)c1cccc(NC(=O)C2(N)CC(OCC)C2(C)C)c1.Cl. The number of anilines is 1. The predicted octanol–water partition coefficient (Wildman–Crippen LogP) is 2.74. The lowest BCUT2D eigenvalue weighted by Crippen LogP contribution is -2.74. The first-order chi connectivity index (χ1) is 13.3. The number of amides is 2. The molecule has 1 aromatic carbocycles. The highest BCUT2D eigenvalue weighted by Crippen LogP contribution is 2.50. The topological polar surface area (TPSA) is 103 Å². The highest BCUT2D eigenvalue weighted by molar-refractivity contribution is 6.01. The summed E-state index contributed by atoms with van der Waals surface area (Å²) in [4.78, 5) is 25.1. The first-order valence-corrected chi connectivity index (χ1v) is 9.94. The summed E-state index contributed by atoms with van der Waals surface area (Å²) in [5.74, 6) is -0.446. The molecule has 29 heavy (non-hydrogen) atoms. The number of rotatable bonds is 10. The molecule has 8 heteroatoms. The van der Waals surface area contributed by atoms with E-state index in [4.69, 9.17) is 15.2 Å². The Balaban J connectivity index is 0.00000420. The molecule has 2 amide bonds. The van der Waals surface area contributed by atoms with Gasteiger partial charge in [0.1, 0.15) is 5.54 Å². The van der Waals surface area contributed by atoms with E-state index in [-0.39, 0.29) is 30.3 Å². The van der Waals surface area contributed by atoms with Crippen LogP contribution in [0.25, 0.3) is 0 Å². The largest absolute Gasteiger partial charge is 0.382 e. The normalized spacial score (nSPS) is 22.2. The highest BCUT2D eigenvalue weighted by Gasteiger charge is 2.62. The second-order valence-corrected chi connectivity index (χ2v) is 7.68. The van der Waals surface area contributed by atoms with Crippen molar-refractivity contribution in [3.8, 4) is 0 Å². The Morgan fingerprint density at radius 2 is 1.97 bits per heavy atom. The van der Waals surface area contributed by atoms with Crippen LogP contribution < -0.4 is 16.4 Å². The van der Waals surface area contributed by atoms with Gasteiger partial charge in [0.25, 0.3) is 5.91 Å². The number of nitrogens with one attached hydrogen (secondary N) is 2. The molecule has 0 heterocycles.